The highest BCUT2D eigenvalue weighted by molar-refractivity contribution is 7.99. The summed E-state index contributed by atoms with van der Waals surface area (Å²) in [5.41, 5.74) is 2.40. The van der Waals surface area contributed by atoms with E-state index < -0.39 is 0 Å². The molecule has 2 aromatic carbocycles. The van der Waals surface area contributed by atoms with E-state index in [0.717, 1.165) is 17.3 Å². The average molecular weight is 384 g/mol. The van der Waals surface area contributed by atoms with Crippen molar-refractivity contribution in [3.8, 4) is 23.0 Å². The number of aromatic hydroxyl groups is 2. The van der Waals surface area contributed by atoms with E-state index in [1.807, 2.05) is 24.3 Å². The van der Waals surface area contributed by atoms with Crippen molar-refractivity contribution in [3.05, 3.63) is 53.6 Å². The fourth-order valence-electron chi connectivity index (χ4n) is 2.41. The SMILES string of the molecule is CC(C)(C)c1ccc(-c2nnc(SCC(=O)c3ccc(O)c(O)c3)o2)cc1. The van der Waals surface area contributed by atoms with Crippen molar-refractivity contribution in [1.82, 2.24) is 10.2 Å². The number of carbonyl (C=O) groups excluding carboxylic acids is 1. The maximum absolute atomic E-state index is 12.2. The van der Waals surface area contributed by atoms with Crippen LogP contribution in [-0.4, -0.2) is 31.9 Å². The van der Waals surface area contributed by atoms with E-state index in [-0.39, 0.29) is 28.5 Å². The Bertz CT molecular complexity index is 959. The second-order valence-corrected chi connectivity index (χ2v) is 8.04. The number of nitrogens with zero attached hydrogens (tertiary/aromatic N) is 2. The maximum atomic E-state index is 12.2. The lowest BCUT2D eigenvalue weighted by Crippen LogP contribution is -2.10. The van der Waals surface area contributed by atoms with Crippen LogP contribution in [-0.2, 0) is 5.41 Å². The number of benzene rings is 2. The van der Waals surface area contributed by atoms with E-state index in [4.69, 9.17) is 4.42 Å². The molecular weight excluding hydrogens is 364 g/mol. The molecule has 1 heterocycles. The number of Topliss-reactive ketones (excluding diaryl/α,β-unsaturated/α-hetero) is 1. The molecule has 27 heavy (non-hydrogen) atoms. The monoisotopic (exact) mass is 384 g/mol. The van der Waals surface area contributed by atoms with Crippen LogP contribution in [0.5, 0.6) is 11.5 Å². The molecule has 6 nitrogen and oxygen atoms in total. The lowest BCUT2D eigenvalue weighted by Gasteiger charge is -2.18. The summed E-state index contributed by atoms with van der Waals surface area (Å²) in [7, 11) is 0. The molecule has 0 aliphatic heterocycles. The lowest BCUT2D eigenvalue weighted by atomic mass is 9.87. The van der Waals surface area contributed by atoms with Gasteiger partial charge in [-0.2, -0.15) is 0 Å². The van der Waals surface area contributed by atoms with Crippen LogP contribution >= 0.6 is 11.8 Å². The number of rotatable bonds is 5. The molecule has 1 aromatic heterocycles. The summed E-state index contributed by atoms with van der Waals surface area (Å²) in [6.45, 7) is 6.44. The average Bonchev–Trinajstić information content (AvgIpc) is 3.10. The third-order valence-corrected chi connectivity index (χ3v) is 4.85. The number of carbonyl (C=O) groups is 1. The Morgan fingerprint density at radius 2 is 1.74 bits per heavy atom. The molecule has 3 rings (SSSR count). The number of hydrogen-bond acceptors (Lipinski definition) is 7. The molecule has 0 bridgehead atoms. The molecule has 2 N–H and O–H groups in total. The first-order valence-electron chi connectivity index (χ1n) is 8.36. The summed E-state index contributed by atoms with van der Waals surface area (Å²) in [6, 6.07) is 11.9. The Balaban J connectivity index is 1.65. The zero-order valence-corrected chi connectivity index (χ0v) is 16.1. The van der Waals surface area contributed by atoms with Gasteiger partial charge in [0, 0.05) is 11.1 Å². The number of thioether (sulfide) groups is 1. The molecule has 0 fully saturated rings. The van der Waals surface area contributed by atoms with Crippen molar-refractivity contribution in [2.24, 2.45) is 0 Å². The van der Waals surface area contributed by atoms with E-state index in [1.165, 1.54) is 23.8 Å². The molecule has 0 radical (unpaired) electrons. The highest BCUT2D eigenvalue weighted by Crippen LogP contribution is 2.28. The van der Waals surface area contributed by atoms with Gasteiger partial charge in [-0.05, 0) is 41.3 Å². The van der Waals surface area contributed by atoms with Gasteiger partial charge in [-0.25, -0.2) is 0 Å². The van der Waals surface area contributed by atoms with Crippen LogP contribution in [0.15, 0.2) is 52.1 Å². The highest BCUT2D eigenvalue weighted by Gasteiger charge is 2.16. The van der Waals surface area contributed by atoms with Crippen LogP contribution in [0.4, 0.5) is 0 Å². The van der Waals surface area contributed by atoms with Gasteiger partial charge in [-0.3, -0.25) is 4.79 Å². The van der Waals surface area contributed by atoms with Gasteiger partial charge >= 0.3 is 0 Å². The molecule has 0 atom stereocenters. The standard InChI is InChI=1S/C20H20N2O4S/c1-20(2,3)14-7-4-12(5-8-14)18-21-22-19(26-18)27-11-17(25)13-6-9-15(23)16(24)10-13/h4-10,23-24H,11H2,1-3H3. The number of phenolic OH excluding ortho intramolecular Hbond substituents is 2. The van der Waals surface area contributed by atoms with Crippen LogP contribution in [0.1, 0.15) is 36.7 Å². The molecule has 140 valence electrons. The van der Waals surface area contributed by atoms with Crippen molar-refractivity contribution < 1.29 is 19.4 Å². The molecular formula is C20H20N2O4S. The lowest BCUT2D eigenvalue weighted by molar-refractivity contribution is 0.102. The number of ketones is 1. The largest absolute Gasteiger partial charge is 0.504 e. The first-order chi connectivity index (χ1) is 12.7. The van der Waals surface area contributed by atoms with E-state index in [0.29, 0.717) is 16.7 Å². The number of phenols is 2. The van der Waals surface area contributed by atoms with Gasteiger partial charge in [0.25, 0.3) is 5.22 Å². The zero-order valence-electron chi connectivity index (χ0n) is 15.3. The zero-order chi connectivity index (χ0) is 19.6. The van der Waals surface area contributed by atoms with Crippen LogP contribution in [0, 0.1) is 0 Å². The van der Waals surface area contributed by atoms with Crippen LogP contribution < -0.4 is 0 Å². The van der Waals surface area contributed by atoms with Gasteiger partial charge in [-0.15, -0.1) is 10.2 Å². The van der Waals surface area contributed by atoms with Gasteiger partial charge in [-0.1, -0.05) is 44.7 Å². The first-order valence-corrected chi connectivity index (χ1v) is 9.35. The molecule has 0 amide bonds. The summed E-state index contributed by atoms with van der Waals surface area (Å²) >= 11 is 1.12. The minimum absolute atomic E-state index is 0.0669. The predicted molar refractivity (Wildman–Crippen MR) is 103 cm³/mol. The predicted octanol–water partition coefficient (Wildman–Crippen LogP) is 4.42. The third kappa shape index (κ3) is 4.49. The second-order valence-electron chi connectivity index (χ2n) is 7.12. The topological polar surface area (TPSA) is 96.5 Å². The van der Waals surface area contributed by atoms with Gasteiger partial charge in [0.1, 0.15) is 0 Å². The quantitative estimate of drug-likeness (QED) is 0.382. The van der Waals surface area contributed by atoms with Gasteiger partial charge in [0.05, 0.1) is 5.75 Å². The minimum Gasteiger partial charge on any atom is -0.504 e. The van der Waals surface area contributed by atoms with E-state index in [2.05, 4.69) is 31.0 Å². The van der Waals surface area contributed by atoms with Gasteiger partial charge < -0.3 is 14.6 Å². The Morgan fingerprint density at radius 3 is 2.37 bits per heavy atom. The number of aromatic nitrogens is 2. The fraction of sp³-hybridized carbons (Fsp3) is 0.250. The summed E-state index contributed by atoms with van der Waals surface area (Å²) in [5.74, 6) is -0.338. The Kier molecular flexibility index (Phi) is 5.23. The minimum atomic E-state index is -0.329. The molecule has 0 spiro atoms. The smallest absolute Gasteiger partial charge is 0.277 e. The van der Waals surface area contributed by atoms with Crippen LogP contribution in [0.3, 0.4) is 0 Å². The summed E-state index contributed by atoms with van der Waals surface area (Å²) in [5, 5.41) is 27.1. The molecule has 3 aromatic rings. The number of hydrogen-bond donors (Lipinski definition) is 2. The Morgan fingerprint density at radius 1 is 1.04 bits per heavy atom. The highest BCUT2D eigenvalue weighted by atomic mass is 32.2. The summed E-state index contributed by atoms with van der Waals surface area (Å²) in [6.07, 6.45) is 0. The van der Waals surface area contributed by atoms with Crippen LogP contribution in [0.2, 0.25) is 0 Å². The Hall–Kier alpha value is -2.80. The molecule has 0 saturated heterocycles. The van der Waals surface area contributed by atoms with Crippen molar-refractivity contribution in [3.63, 3.8) is 0 Å². The summed E-state index contributed by atoms with van der Waals surface area (Å²) in [4.78, 5) is 12.2. The van der Waals surface area contributed by atoms with Crippen molar-refractivity contribution >= 4 is 17.5 Å². The summed E-state index contributed by atoms with van der Waals surface area (Å²) < 4.78 is 5.62. The van der Waals surface area contributed by atoms with Gasteiger partial charge in [0.2, 0.25) is 5.89 Å². The second kappa shape index (κ2) is 7.44. The maximum Gasteiger partial charge on any atom is 0.277 e. The molecule has 0 saturated carbocycles. The molecule has 0 aliphatic rings. The van der Waals surface area contributed by atoms with E-state index in [1.54, 1.807) is 0 Å². The Labute approximate surface area is 161 Å². The molecule has 7 heteroatoms. The molecule has 0 aliphatic carbocycles. The fourth-order valence-corrected chi connectivity index (χ4v) is 3.06. The van der Waals surface area contributed by atoms with E-state index in [9.17, 15) is 15.0 Å². The normalized spacial score (nSPS) is 11.5. The van der Waals surface area contributed by atoms with Crippen molar-refractivity contribution in [2.75, 3.05) is 5.75 Å². The molecule has 0 unspecified atom stereocenters. The third-order valence-electron chi connectivity index (χ3n) is 4.03. The van der Waals surface area contributed by atoms with Gasteiger partial charge in [0.15, 0.2) is 17.3 Å². The first kappa shape index (κ1) is 19.0. The van der Waals surface area contributed by atoms with Crippen molar-refractivity contribution in [2.45, 2.75) is 31.4 Å². The van der Waals surface area contributed by atoms with E-state index >= 15 is 0 Å². The van der Waals surface area contributed by atoms with Crippen molar-refractivity contribution in [1.29, 1.82) is 0 Å². The van der Waals surface area contributed by atoms with Crippen LogP contribution in [0.25, 0.3) is 11.5 Å².